The van der Waals surface area contributed by atoms with Crippen molar-refractivity contribution in [2.75, 3.05) is 19.7 Å². The van der Waals surface area contributed by atoms with Crippen molar-refractivity contribution in [3.05, 3.63) is 0 Å². The van der Waals surface area contributed by atoms with Crippen LogP contribution in [0.1, 0.15) is 46.0 Å². The molecule has 9 nitrogen and oxygen atoms in total. The molecule has 4 aliphatic rings. The van der Waals surface area contributed by atoms with Crippen LogP contribution >= 0.6 is 0 Å². The van der Waals surface area contributed by atoms with Gasteiger partial charge in [0.05, 0.1) is 6.04 Å². The van der Waals surface area contributed by atoms with Crippen molar-refractivity contribution in [1.82, 2.24) is 15.5 Å². The lowest BCUT2D eigenvalue weighted by atomic mass is 9.94. The quantitative estimate of drug-likeness (QED) is 0.404. The molecule has 2 heterocycles. The molecule has 12 heteroatoms. The number of hydrogen-bond acceptors (Lipinski definition) is 6. The zero-order valence-electron chi connectivity index (χ0n) is 19.8. The van der Waals surface area contributed by atoms with E-state index in [0.29, 0.717) is 25.3 Å². The summed E-state index contributed by atoms with van der Waals surface area (Å²) in [5, 5.41) is 15.5. The summed E-state index contributed by atoms with van der Waals surface area (Å²) in [5.74, 6) is -3.05. The van der Waals surface area contributed by atoms with Gasteiger partial charge in [0.1, 0.15) is 18.8 Å². The summed E-state index contributed by atoms with van der Waals surface area (Å²) in [6.45, 7) is 3.30. The number of rotatable bonds is 10. The number of carbonyl (C=O) groups excluding carboxylic acids is 4. The highest BCUT2D eigenvalue weighted by atomic mass is 19.4. The maximum absolute atomic E-state index is 13.4. The first kappa shape index (κ1) is 25.9. The van der Waals surface area contributed by atoms with Gasteiger partial charge in [-0.05, 0) is 42.4 Å². The number of hydrogen-bond donors (Lipinski definition) is 3. The molecular weight excluding hydrogens is 471 g/mol. The minimum Gasteiger partial charge on any atom is -0.383 e. The number of ketones is 1. The van der Waals surface area contributed by atoms with Gasteiger partial charge in [-0.25, -0.2) is 0 Å². The van der Waals surface area contributed by atoms with E-state index in [4.69, 9.17) is 0 Å². The highest BCUT2D eigenvalue weighted by molar-refractivity contribution is 5.95. The van der Waals surface area contributed by atoms with Gasteiger partial charge in [-0.2, -0.15) is 0 Å². The van der Waals surface area contributed by atoms with Gasteiger partial charge in [0.25, 0.3) is 5.91 Å². The van der Waals surface area contributed by atoms with Gasteiger partial charge in [-0.3, -0.25) is 23.9 Å². The Bertz CT molecular complexity index is 890. The molecule has 3 amide bonds. The number of alkyl halides is 3. The van der Waals surface area contributed by atoms with Crippen LogP contribution < -0.4 is 10.6 Å². The number of halogens is 3. The summed E-state index contributed by atoms with van der Waals surface area (Å²) in [5.41, 5.74) is -0.232. The van der Waals surface area contributed by atoms with E-state index >= 15 is 0 Å². The van der Waals surface area contributed by atoms with Gasteiger partial charge >= 0.3 is 6.36 Å². The smallest absolute Gasteiger partial charge is 0.383 e. The number of piperidine rings is 1. The molecule has 0 unspecified atom stereocenters. The lowest BCUT2D eigenvalue weighted by Gasteiger charge is -2.32. The Labute approximate surface area is 201 Å². The summed E-state index contributed by atoms with van der Waals surface area (Å²) in [4.78, 5) is 52.4. The third-order valence-electron chi connectivity index (χ3n) is 8.07. The van der Waals surface area contributed by atoms with E-state index < -0.39 is 54.7 Å². The van der Waals surface area contributed by atoms with Gasteiger partial charge in [0.2, 0.25) is 11.8 Å². The number of aliphatic hydroxyl groups excluding tert-OH is 1. The van der Waals surface area contributed by atoms with Crippen LogP contribution in [-0.4, -0.2) is 77.8 Å². The molecule has 196 valence electrons. The molecule has 4 fully saturated rings. The van der Waals surface area contributed by atoms with E-state index in [1.165, 1.54) is 4.90 Å². The fourth-order valence-corrected chi connectivity index (χ4v) is 5.71. The summed E-state index contributed by atoms with van der Waals surface area (Å²) < 4.78 is 41.2. The number of nitrogens with zero attached hydrogens (tertiary/aromatic N) is 1. The zero-order valence-corrected chi connectivity index (χ0v) is 19.8. The normalized spacial score (nSPS) is 30.9. The number of aliphatic hydroxyl groups is 1. The highest BCUT2D eigenvalue weighted by Crippen LogP contribution is 2.65. The zero-order chi connectivity index (χ0) is 25.7. The van der Waals surface area contributed by atoms with Gasteiger partial charge in [0.15, 0.2) is 5.78 Å². The van der Waals surface area contributed by atoms with Crippen LogP contribution in [0.4, 0.5) is 13.2 Å². The topological polar surface area (TPSA) is 125 Å². The van der Waals surface area contributed by atoms with E-state index in [0.717, 1.165) is 12.8 Å². The first-order valence-electron chi connectivity index (χ1n) is 12.1. The number of fused-ring (bicyclic) bond motifs is 1. The number of Topliss-reactive ketones (excluding diaryl/α,β-unsaturated/α-hetero) is 1. The largest absolute Gasteiger partial charge is 0.522 e. The van der Waals surface area contributed by atoms with Crippen molar-refractivity contribution < 1.29 is 42.2 Å². The van der Waals surface area contributed by atoms with E-state index in [1.54, 1.807) is 0 Å². The van der Waals surface area contributed by atoms with Crippen LogP contribution in [0.2, 0.25) is 0 Å². The molecule has 0 bridgehead atoms. The predicted molar refractivity (Wildman–Crippen MR) is 114 cm³/mol. The Kier molecular flexibility index (Phi) is 6.91. The molecule has 35 heavy (non-hydrogen) atoms. The molecule has 2 saturated carbocycles. The van der Waals surface area contributed by atoms with E-state index in [2.05, 4.69) is 15.4 Å². The molecule has 4 rings (SSSR count). The maximum Gasteiger partial charge on any atom is 0.522 e. The molecule has 0 radical (unpaired) electrons. The van der Waals surface area contributed by atoms with Gasteiger partial charge in [-0.15, -0.1) is 13.2 Å². The van der Waals surface area contributed by atoms with E-state index in [9.17, 15) is 37.5 Å². The first-order valence-corrected chi connectivity index (χ1v) is 12.1. The Morgan fingerprint density at radius 1 is 1.23 bits per heavy atom. The maximum atomic E-state index is 13.4. The third kappa shape index (κ3) is 5.63. The molecular formula is C23H32F3N3O6. The number of nitrogens with one attached hydrogen (secondary N) is 2. The summed E-state index contributed by atoms with van der Waals surface area (Å²) in [6.07, 6.45) is -3.80. The van der Waals surface area contributed by atoms with Crippen LogP contribution in [-0.2, 0) is 23.9 Å². The van der Waals surface area contributed by atoms with Crippen LogP contribution in [0.5, 0.6) is 0 Å². The average molecular weight is 504 g/mol. The van der Waals surface area contributed by atoms with Crippen molar-refractivity contribution >= 4 is 23.5 Å². The monoisotopic (exact) mass is 503 g/mol. The second kappa shape index (κ2) is 9.34. The standard InChI is InChI=1S/C23H32F3N3O6/c1-22(2)13-9-29(21(34)15(30)7-11-3-4-11)18(17(13)22)20(33)28-14(8-12-5-6-27-19(12)32)16(31)10-35-23(24,25)26/h11-15,17-18,30H,3-10H2,1-2H3,(H,27,32)(H,28,33)/t12-,13-,14-,15-,17-,18-/m0/s1. The molecule has 0 aromatic heterocycles. The lowest BCUT2D eigenvalue weighted by molar-refractivity contribution is -0.321. The second-order valence-electron chi connectivity index (χ2n) is 10.9. The van der Waals surface area contributed by atoms with Crippen LogP contribution in [0, 0.1) is 29.1 Å². The van der Waals surface area contributed by atoms with Gasteiger partial charge < -0.3 is 20.6 Å². The fourth-order valence-electron chi connectivity index (χ4n) is 5.71. The molecule has 0 aromatic rings. The van der Waals surface area contributed by atoms with Crippen LogP contribution in [0.15, 0.2) is 0 Å². The lowest BCUT2D eigenvalue weighted by Crippen LogP contribution is -2.56. The minimum absolute atomic E-state index is 0.0404. The highest BCUT2D eigenvalue weighted by Gasteiger charge is 2.69. The third-order valence-corrected chi connectivity index (χ3v) is 8.07. The summed E-state index contributed by atoms with van der Waals surface area (Å²) >= 11 is 0. The Balaban J connectivity index is 1.48. The van der Waals surface area contributed by atoms with Crippen molar-refractivity contribution in [3.8, 4) is 0 Å². The molecule has 0 spiro atoms. The average Bonchev–Trinajstić information content (AvgIpc) is 3.53. The number of ether oxygens (including phenoxy) is 1. The summed E-state index contributed by atoms with van der Waals surface area (Å²) in [7, 11) is 0. The Hall–Kier alpha value is -2.21. The van der Waals surface area contributed by atoms with Crippen molar-refractivity contribution in [3.63, 3.8) is 0 Å². The first-order chi connectivity index (χ1) is 16.3. The molecule has 2 aliphatic carbocycles. The number of carbonyl (C=O) groups is 4. The SMILES string of the molecule is CC1(C)[C@@H]2[C@@H](C(=O)N[C@@H](C[C@@H]3CCNC3=O)C(=O)COC(F)(F)F)N(C(=O)[C@@H](O)CC3CC3)C[C@@H]21. The van der Waals surface area contributed by atoms with E-state index in [1.807, 2.05) is 13.8 Å². The minimum atomic E-state index is -5.02. The molecule has 0 aromatic carbocycles. The fraction of sp³-hybridized carbons (Fsp3) is 0.826. The van der Waals surface area contributed by atoms with Crippen molar-refractivity contribution in [2.45, 2.75) is 70.5 Å². The van der Waals surface area contributed by atoms with Crippen molar-refractivity contribution in [2.24, 2.45) is 29.1 Å². The molecule has 3 N–H and O–H groups in total. The Morgan fingerprint density at radius 2 is 1.91 bits per heavy atom. The van der Waals surface area contributed by atoms with E-state index in [-0.39, 0.29) is 36.1 Å². The number of likely N-dealkylation sites (tertiary alicyclic amines) is 1. The van der Waals surface area contributed by atoms with Crippen LogP contribution in [0.3, 0.4) is 0 Å². The van der Waals surface area contributed by atoms with Crippen LogP contribution in [0.25, 0.3) is 0 Å². The van der Waals surface area contributed by atoms with Gasteiger partial charge in [0, 0.05) is 19.0 Å². The molecule has 2 aliphatic heterocycles. The molecule has 2 saturated heterocycles. The summed E-state index contributed by atoms with van der Waals surface area (Å²) in [6, 6.07) is -2.33. The van der Waals surface area contributed by atoms with Crippen molar-refractivity contribution in [1.29, 1.82) is 0 Å². The molecule has 6 atom stereocenters. The van der Waals surface area contributed by atoms with Gasteiger partial charge in [-0.1, -0.05) is 26.7 Å². The Morgan fingerprint density at radius 3 is 2.49 bits per heavy atom. The predicted octanol–water partition coefficient (Wildman–Crippen LogP) is 0.747. The number of amides is 3. The second-order valence-corrected chi connectivity index (χ2v) is 10.9.